The number of para-hydroxylation sites is 2. The van der Waals surface area contributed by atoms with Crippen molar-refractivity contribution in [3.63, 3.8) is 0 Å². The van der Waals surface area contributed by atoms with Crippen LogP contribution in [0.5, 0.6) is 17.4 Å². The van der Waals surface area contributed by atoms with E-state index in [-0.39, 0.29) is 5.56 Å². The lowest BCUT2D eigenvalue weighted by Crippen LogP contribution is -1.99. The van der Waals surface area contributed by atoms with Crippen LogP contribution in [-0.2, 0) is 6.61 Å². The molecule has 4 aromatic rings. The third-order valence-corrected chi connectivity index (χ3v) is 3.86. The van der Waals surface area contributed by atoms with Gasteiger partial charge in [0.15, 0.2) is 5.76 Å². The average Bonchev–Trinajstić information content (AvgIpc) is 3.15. The molecule has 0 fully saturated rings. The van der Waals surface area contributed by atoms with Gasteiger partial charge in [0.1, 0.15) is 18.1 Å². The summed E-state index contributed by atoms with van der Waals surface area (Å²) in [6, 6.07) is 22.2. The fourth-order valence-electron chi connectivity index (χ4n) is 2.53. The number of hydrogen-bond acceptors (Lipinski definition) is 5. The van der Waals surface area contributed by atoms with E-state index in [0.29, 0.717) is 23.8 Å². The highest BCUT2D eigenvalue weighted by atomic mass is 16.5. The number of ether oxygens (including phenoxy) is 2. The molecule has 2 aromatic carbocycles. The Morgan fingerprint density at radius 2 is 1.78 bits per heavy atom. The Labute approximate surface area is 155 Å². The molecule has 0 unspecified atom stereocenters. The zero-order valence-corrected chi connectivity index (χ0v) is 14.3. The Morgan fingerprint density at radius 3 is 2.52 bits per heavy atom. The van der Waals surface area contributed by atoms with Gasteiger partial charge in [0.05, 0.1) is 6.07 Å². The zero-order chi connectivity index (χ0) is 18.5. The highest BCUT2D eigenvalue weighted by Gasteiger charge is 2.08. The summed E-state index contributed by atoms with van der Waals surface area (Å²) in [6.07, 6.45) is 1.59. The first-order chi connectivity index (χ1) is 13.3. The number of aromatic nitrogens is 2. The van der Waals surface area contributed by atoms with E-state index in [1.54, 1.807) is 18.3 Å². The lowest BCUT2D eigenvalue weighted by atomic mass is 10.2. The van der Waals surface area contributed by atoms with Gasteiger partial charge in [0.2, 0.25) is 5.88 Å². The number of pyridine rings is 1. The fraction of sp³-hybridized carbons (Fsp3) is 0.0476. The second-order valence-corrected chi connectivity index (χ2v) is 5.77. The Hall–Kier alpha value is -3.80. The Balaban J connectivity index is 1.45. The van der Waals surface area contributed by atoms with Crippen LogP contribution in [0.15, 0.2) is 88.3 Å². The first kappa shape index (κ1) is 16.7. The number of H-pyrrole nitrogens is 1. The lowest BCUT2D eigenvalue weighted by Gasteiger charge is -2.12. The molecular formula is C21H16N2O4. The van der Waals surface area contributed by atoms with Gasteiger partial charge in [-0.05, 0) is 24.3 Å². The van der Waals surface area contributed by atoms with Crippen molar-refractivity contribution >= 4 is 0 Å². The molecule has 0 amide bonds. The third kappa shape index (κ3) is 4.07. The van der Waals surface area contributed by atoms with E-state index < -0.39 is 0 Å². The molecule has 0 atom stereocenters. The largest absolute Gasteiger partial charge is 0.473 e. The van der Waals surface area contributed by atoms with Gasteiger partial charge in [-0.3, -0.25) is 4.79 Å². The Morgan fingerprint density at radius 1 is 0.963 bits per heavy atom. The van der Waals surface area contributed by atoms with Crippen LogP contribution in [0.1, 0.15) is 5.56 Å². The van der Waals surface area contributed by atoms with Gasteiger partial charge < -0.3 is 14.0 Å². The molecule has 6 nitrogen and oxygen atoms in total. The summed E-state index contributed by atoms with van der Waals surface area (Å²) in [5.74, 6) is 2.39. The quantitative estimate of drug-likeness (QED) is 0.551. The SMILES string of the molecule is O=c1cc(-c2ccc(OCc3ccccc3Oc3ccccc3)nc2)o[nH]1. The summed E-state index contributed by atoms with van der Waals surface area (Å²) >= 11 is 0. The second-order valence-electron chi connectivity index (χ2n) is 5.77. The molecule has 2 aromatic heterocycles. The number of nitrogens with zero attached hydrogens (tertiary/aromatic N) is 1. The molecule has 6 heteroatoms. The molecule has 0 aliphatic heterocycles. The monoisotopic (exact) mass is 360 g/mol. The summed E-state index contributed by atoms with van der Waals surface area (Å²) in [6.45, 7) is 0.314. The van der Waals surface area contributed by atoms with Crippen LogP contribution < -0.4 is 15.0 Å². The number of hydrogen-bond donors (Lipinski definition) is 1. The summed E-state index contributed by atoms with van der Waals surface area (Å²) in [7, 11) is 0. The summed E-state index contributed by atoms with van der Waals surface area (Å²) in [4.78, 5) is 15.4. The highest BCUT2D eigenvalue weighted by molar-refractivity contribution is 5.55. The standard InChI is InChI=1S/C21H16N2O4/c24-20-12-19(27-23-20)15-10-11-21(22-13-15)25-14-16-6-4-5-9-18(16)26-17-7-2-1-3-8-17/h1-13H,14H2,(H,23,24). The third-order valence-electron chi connectivity index (χ3n) is 3.86. The molecule has 27 heavy (non-hydrogen) atoms. The number of aromatic amines is 1. The molecule has 0 aliphatic carbocycles. The molecule has 0 saturated carbocycles. The molecule has 2 heterocycles. The Bertz CT molecular complexity index is 1070. The van der Waals surface area contributed by atoms with Crippen LogP contribution in [0.25, 0.3) is 11.3 Å². The summed E-state index contributed by atoms with van der Waals surface area (Å²) in [5, 5.41) is 2.25. The minimum atomic E-state index is -0.291. The highest BCUT2D eigenvalue weighted by Crippen LogP contribution is 2.26. The number of benzene rings is 2. The van der Waals surface area contributed by atoms with Crippen LogP contribution in [0.3, 0.4) is 0 Å². The summed E-state index contributed by atoms with van der Waals surface area (Å²) in [5.41, 5.74) is 1.30. The molecule has 0 saturated heterocycles. The van der Waals surface area contributed by atoms with Gasteiger partial charge in [0.25, 0.3) is 5.56 Å². The van der Waals surface area contributed by atoms with E-state index >= 15 is 0 Å². The van der Waals surface area contributed by atoms with Crippen molar-refractivity contribution < 1.29 is 14.0 Å². The normalized spacial score (nSPS) is 10.5. The van der Waals surface area contributed by atoms with Crippen molar-refractivity contribution in [1.82, 2.24) is 10.1 Å². The van der Waals surface area contributed by atoms with Gasteiger partial charge in [-0.2, -0.15) is 5.16 Å². The van der Waals surface area contributed by atoms with Crippen molar-refractivity contribution in [2.45, 2.75) is 6.61 Å². The van der Waals surface area contributed by atoms with E-state index in [2.05, 4.69) is 10.1 Å². The number of rotatable bonds is 6. The first-order valence-electron chi connectivity index (χ1n) is 8.36. The van der Waals surface area contributed by atoms with Gasteiger partial charge >= 0.3 is 0 Å². The molecule has 0 radical (unpaired) electrons. The van der Waals surface area contributed by atoms with Gasteiger partial charge in [-0.15, -0.1) is 0 Å². The van der Waals surface area contributed by atoms with Crippen molar-refractivity contribution in [2.75, 3.05) is 0 Å². The second kappa shape index (κ2) is 7.61. The van der Waals surface area contributed by atoms with Crippen LogP contribution in [0, 0.1) is 0 Å². The van der Waals surface area contributed by atoms with E-state index in [9.17, 15) is 4.79 Å². The first-order valence-corrected chi connectivity index (χ1v) is 8.36. The minimum Gasteiger partial charge on any atom is -0.473 e. The molecular weight excluding hydrogens is 344 g/mol. The van der Waals surface area contributed by atoms with E-state index in [0.717, 1.165) is 17.1 Å². The number of nitrogens with one attached hydrogen (secondary N) is 1. The molecule has 4 rings (SSSR count). The maximum Gasteiger partial charge on any atom is 0.280 e. The lowest BCUT2D eigenvalue weighted by molar-refractivity contribution is 0.288. The zero-order valence-electron chi connectivity index (χ0n) is 14.3. The van der Waals surface area contributed by atoms with Crippen LogP contribution in [0.4, 0.5) is 0 Å². The molecule has 0 spiro atoms. The van der Waals surface area contributed by atoms with Crippen molar-refractivity contribution in [1.29, 1.82) is 0 Å². The average molecular weight is 360 g/mol. The smallest absolute Gasteiger partial charge is 0.280 e. The van der Waals surface area contributed by atoms with Crippen molar-refractivity contribution in [2.24, 2.45) is 0 Å². The van der Waals surface area contributed by atoms with Crippen LogP contribution >= 0.6 is 0 Å². The molecule has 0 aliphatic rings. The predicted octanol–water partition coefficient (Wildman–Crippen LogP) is 4.40. The van der Waals surface area contributed by atoms with Crippen LogP contribution in [-0.4, -0.2) is 10.1 Å². The van der Waals surface area contributed by atoms with Gasteiger partial charge in [-0.25, -0.2) is 4.98 Å². The van der Waals surface area contributed by atoms with Crippen LogP contribution in [0.2, 0.25) is 0 Å². The van der Waals surface area contributed by atoms with E-state index in [1.165, 1.54) is 6.07 Å². The fourth-order valence-corrected chi connectivity index (χ4v) is 2.53. The molecule has 1 N–H and O–H groups in total. The summed E-state index contributed by atoms with van der Waals surface area (Å²) < 4.78 is 16.8. The van der Waals surface area contributed by atoms with E-state index in [1.807, 2.05) is 54.6 Å². The molecule has 134 valence electrons. The predicted molar refractivity (Wildman–Crippen MR) is 99.8 cm³/mol. The molecule has 0 bridgehead atoms. The maximum absolute atomic E-state index is 11.1. The Kier molecular flexibility index (Phi) is 4.70. The van der Waals surface area contributed by atoms with Gasteiger partial charge in [0, 0.05) is 23.4 Å². The van der Waals surface area contributed by atoms with Crippen molar-refractivity contribution in [3.05, 3.63) is 94.9 Å². The van der Waals surface area contributed by atoms with Gasteiger partial charge in [-0.1, -0.05) is 36.4 Å². The van der Waals surface area contributed by atoms with Crippen molar-refractivity contribution in [3.8, 4) is 28.7 Å². The topological polar surface area (TPSA) is 77.3 Å². The minimum absolute atomic E-state index is 0.291. The maximum atomic E-state index is 11.1. The van der Waals surface area contributed by atoms with E-state index in [4.69, 9.17) is 14.0 Å².